The molecule has 1 fully saturated rings. The van der Waals surface area contributed by atoms with E-state index in [1.807, 2.05) is 34.5 Å². The van der Waals surface area contributed by atoms with Gasteiger partial charge in [0.05, 0.1) is 11.7 Å². The van der Waals surface area contributed by atoms with E-state index in [-0.39, 0.29) is 0 Å². The van der Waals surface area contributed by atoms with Gasteiger partial charge in [0.25, 0.3) is 5.89 Å². The topological polar surface area (TPSA) is 66.0 Å². The lowest BCUT2D eigenvalue weighted by Gasteiger charge is -2.23. The predicted molar refractivity (Wildman–Crippen MR) is 82.7 cm³/mol. The summed E-state index contributed by atoms with van der Waals surface area (Å²) < 4.78 is 12.9. The highest BCUT2D eigenvalue weighted by molar-refractivity contribution is 7.08. The molecule has 6 nitrogen and oxygen atoms in total. The van der Waals surface area contributed by atoms with E-state index < -0.39 is 0 Å². The number of ether oxygens (including phenoxy) is 1. The summed E-state index contributed by atoms with van der Waals surface area (Å²) in [6, 6.07) is 4.31. The molecule has 0 aliphatic carbocycles. The number of rotatable bonds is 3. The standard InChI is InChI=1S/C15H16N4O2S/c1-10-8-13(19(17-10)12-2-5-20-6-3-12)15-16-14(18-21-15)11-4-7-22-9-11/h4,7-9,12H,2-3,5-6H2,1H3. The lowest BCUT2D eigenvalue weighted by Crippen LogP contribution is -2.21. The van der Waals surface area contributed by atoms with Gasteiger partial charge in [0, 0.05) is 24.2 Å². The summed E-state index contributed by atoms with van der Waals surface area (Å²) in [4.78, 5) is 4.53. The Labute approximate surface area is 131 Å². The Kier molecular flexibility index (Phi) is 3.51. The second-order valence-electron chi connectivity index (χ2n) is 5.39. The van der Waals surface area contributed by atoms with Gasteiger partial charge in [-0.3, -0.25) is 4.68 Å². The summed E-state index contributed by atoms with van der Waals surface area (Å²) in [7, 11) is 0. The average Bonchev–Trinajstić information content (AvgIpc) is 3.27. The monoisotopic (exact) mass is 316 g/mol. The zero-order valence-electron chi connectivity index (χ0n) is 12.2. The van der Waals surface area contributed by atoms with Gasteiger partial charge in [-0.1, -0.05) is 5.16 Å². The van der Waals surface area contributed by atoms with Crippen LogP contribution in [-0.2, 0) is 4.74 Å². The summed E-state index contributed by atoms with van der Waals surface area (Å²) in [5.41, 5.74) is 2.82. The minimum atomic E-state index is 0.328. The van der Waals surface area contributed by atoms with Gasteiger partial charge in [0.1, 0.15) is 5.69 Å². The second kappa shape index (κ2) is 5.66. The first-order chi connectivity index (χ1) is 10.8. The SMILES string of the molecule is Cc1cc(-c2nc(-c3ccsc3)no2)n(C2CCOCC2)n1. The molecule has 0 bridgehead atoms. The van der Waals surface area contributed by atoms with Crippen LogP contribution in [0, 0.1) is 6.92 Å². The van der Waals surface area contributed by atoms with Gasteiger partial charge in [0.15, 0.2) is 0 Å². The van der Waals surface area contributed by atoms with Crippen molar-refractivity contribution in [2.24, 2.45) is 0 Å². The molecule has 3 aromatic heterocycles. The molecule has 1 aliphatic rings. The molecule has 22 heavy (non-hydrogen) atoms. The van der Waals surface area contributed by atoms with E-state index in [1.165, 1.54) is 0 Å². The van der Waals surface area contributed by atoms with Crippen LogP contribution in [0.15, 0.2) is 27.4 Å². The van der Waals surface area contributed by atoms with Gasteiger partial charge in [-0.2, -0.15) is 21.4 Å². The molecule has 0 unspecified atom stereocenters. The van der Waals surface area contributed by atoms with E-state index in [1.54, 1.807) is 11.3 Å². The molecule has 0 radical (unpaired) electrons. The first-order valence-electron chi connectivity index (χ1n) is 7.32. The molecule has 1 saturated heterocycles. The van der Waals surface area contributed by atoms with Crippen molar-refractivity contribution in [3.63, 3.8) is 0 Å². The van der Waals surface area contributed by atoms with E-state index in [0.29, 0.717) is 17.8 Å². The number of aryl methyl sites for hydroxylation is 1. The van der Waals surface area contributed by atoms with Crippen LogP contribution in [0.3, 0.4) is 0 Å². The largest absolute Gasteiger partial charge is 0.381 e. The molecule has 0 amide bonds. The molecule has 7 heteroatoms. The highest BCUT2D eigenvalue weighted by Crippen LogP contribution is 2.29. The maximum absolute atomic E-state index is 5.47. The van der Waals surface area contributed by atoms with Crippen molar-refractivity contribution in [1.82, 2.24) is 19.9 Å². The van der Waals surface area contributed by atoms with Crippen LogP contribution >= 0.6 is 11.3 Å². The van der Waals surface area contributed by atoms with Crippen LogP contribution in [-0.4, -0.2) is 33.1 Å². The molecule has 114 valence electrons. The number of nitrogens with zero attached hydrogens (tertiary/aromatic N) is 4. The zero-order chi connectivity index (χ0) is 14.9. The fourth-order valence-corrected chi connectivity index (χ4v) is 3.36. The molecule has 0 N–H and O–H groups in total. The van der Waals surface area contributed by atoms with Gasteiger partial charge in [-0.15, -0.1) is 0 Å². The molecule has 4 heterocycles. The number of hydrogen-bond acceptors (Lipinski definition) is 6. The van der Waals surface area contributed by atoms with Crippen molar-refractivity contribution in [3.8, 4) is 23.0 Å². The quantitative estimate of drug-likeness (QED) is 0.741. The molecule has 0 spiro atoms. The first-order valence-corrected chi connectivity index (χ1v) is 8.26. The molecular formula is C15H16N4O2S. The van der Waals surface area contributed by atoms with E-state index in [0.717, 1.165) is 43.0 Å². The Hall–Kier alpha value is -1.99. The van der Waals surface area contributed by atoms with Crippen LogP contribution in [0.25, 0.3) is 23.0 Å². The molecular weight excluding hydrogens is 300 g/mol. The third-order valence-corrected chi connectivity index (χ3v) is 4.50. The molecule has 0 saturated carbocycles. The number of aromatic nitrogens is 4. The fraction of sp³-hybridized carbons (Fsp3) is 0.400. The molecule has 4 rings (SSSR count). The Morgan fingerprint density at radius 2 is 2.18 bits per heavy atom. The van der Waals surface area contributed by atoms with E-state index in [2.05, 4.69) is 15.2 Å². The average molecular weight is 316 g/mol. The van der Waals surface area contributed by atoms with Gasteiger partial charge >= 0.3 is 0 Å². The number of hydrogen-bond donors (Lipinski definition) is 0. The van der Waals surface area contributed by atoms with Crippen molar-refractivity contribution >= 4 is 11.3 Å². The third-order valence-electron chi connectivity index (χ3n) is 3.82. The highest BCUT2D eigenvalue weighted by Gasteiger charge is 2.23. The predicted octanol–water partition coefficient (Wildman–Crippen LogP) is 3.32. The molecule has 1 aliphatic heterocycles. The Morgan fingerprint density at radius 3 is 2.95 bits per heavy atom. The van der Waals surface area contributed by atoms with Crippen LogP contribution in [0.1, 0.15) is 24.6 Å². The van der Waals surface area contributed by atoms with E-state index >= 15 is 0 Å². The second-order valence-corrected chi connectivity index (χ2v) is 6.17. The van der Waals surface area contributed by atoms with Crippen molar-refractivity contribution < 1.29 is 9.26 Å². The Bertz CT molecular complexity index is 756. The van der Waals surface area contributed by atoms with E-state index in [9.17, 15) is 0 Å². The maximum atomic E-state index is 5.47. The van der Waals surface area contributed by atoms with Crippen LogP contribution in [0.2, 0.25) is 0 Å². The lowest BCUT2D eigenvalue weighted by molar-refractivity contribution is 0.0665. The van der Waals surface area contributed by atoms with Gasteiger partial charge in [-0.25, -0.2) is 0 Å². The fourth-order valence-electron chi connectivity index (χ4n) is 2.72. The summed E-state index contributed by atoms with van der Waals surface area (Å²) >= 11 is 1.62. The summed E-state index contributed by atoms with van der Waals surface area (Å²) in [5, 5.41) is 12.7. The van der Waals surface area contributed by atoms with Crippen LogP contribution in [0.4, 0.5) is 0 Å². The Balaban J connectivity index is 1.70. The molecule has 0 atom stereocenters. The third kappa shape index (κ3) is 2.46. The zero-order valence-corrected chi connectivity index (χ0v) is 13.0. The summed E-state index contributed by atoms with van der Waals surface area (Å²) in [6.07, 6.45) is 1.92. The summed E-state index contributed by atoms with van der Waals surface area (Å²) in [6.45, 7) is 3.52. The van der Waals surface area contributed by atoms with Crippen molar-refractivity contribution in [1.29, 1.82) is 0 Å². The molecule has 0 aromatic carbocycles. The first kappa shape index (κ1) is 13.7. The normalized spacial score (nSPS) is 16.2. The summed E-state index contributed by atoms with van der Waals surface area (Å²) in [5.74, 6) is 1.14. The van der Waals surface area contributed by atoms with Gasteiger partial charge in [-0.05, 0) is 37.3 Å². The van der Waals surface area contributed by atoms with Crippen LogP contribution in [0.5, 0.6) is 0 Å². The maximum Gasteiger partial charge on any atom is 0.276 e. The van der Waals surface area contributed by atoms with E-state index in [4.69, 9.17) is 9.26 Å². The van der Waals surface area contributed by atoms with Gasteiger partial charge < -0.3 is 9.26 Å². The lowest BCUT2D eigenvalue weighted by atomic mass is 10.1. The highest BCUT2D eigenvalue weighted by atomic mass is 32.1. The smallest absolute Gasteiger partial charge is 0.276 e. The van der Waals surface area contributed by atoms with Crippen molar-refractivity contribution in [2.45, 2.75) is 25.8 Å². The van der Waals surface area contributed by atoms with Gasteiger partial charge in [0.2, 0.25) is 5.82 Å². The molecule has 3 aromatic rings. The van der Waals surface area contributed by atoms with Crippen molar-refractivity contribution in [2.75, 3.05) is 13.2 Å². The minimum absolute atomic E-state index is 0.328. The Morgan fingerprint density at radius 1 is 1.32 bits per heavy atom. The van der Waals surface area contributed by atoms with Crippen LogP contribution < -0.4 is 0 Å². The van der Waals surface area contributed by atoms with Crippen molar-refractivity contribution in [3.05, 3.63) is 28.6 Å². The minimum Gasteiger partial charge on any atom is -0.381 e. The number of thiophene rings is 1.